The number of nitrogens with zero attached hydrogens (tertiary/aromatic N) is 1. The monoisotopic (exact) mass is 407 g/mol. The van der Waals surface area contributed by atoms with Gasteiger partial charge in [0.15, 0.2) is 0 Å². The summed E-state index contributed by atoms with van der Waals surface area (Å²) < 4.78 is 6.66. The van der Waals surface area contributed by atoms with E-state index >= 15 is 0 Å². The van der Waals surface area contributed by atoms with Crippen LogP contribution in [0, 0.1) is 0 Å². The van der Waals surface area contributed by atoms with Gasteiger partial charge in [0, 0.05) is 26.2 Å². The Balaban J connectivity index is 2.88. The van der Waals surface area contributed by atoms with Crippen molar-refractivity contribution < 1.29 is 9.84 Å². The van der Waals surface area contributed by atoms with E-state index in [9.17, 15) is 5.11 Å². The Morgan fingerprint density at radius 3 is 2.20 bits per heavy atom. The van der Waals surface area contributed by atoms with Crippen molar-refractivity contribution >= 4 is 31.9 Å². The van der Waals surface area contributed by atoms with Crippen LogP contribution >= 0.6 is 31.9 Å². The Bertz CT molecular complexity index is 399. The second-order valence-electron chi connectivity index (χ2n) is 4.84. The van der Waals surface area contributed by atoms with E-state index < -0.39 is 0 Å². The van der Waals surface area contributed by atoms with Crippen molar-refractivity contribution in [1.82, 2.24) is 4.90 Å². The molecule has 1 aromatic carbocycles. The maximum absolute atomic E-state index is 9.78. The molecule has 1 aromatic rings. The van der Waals surface area contributed by atoms with Crippen molar-refractivity contribution in [2.75, 3.05) is 20.3 Å². The number of hydrogen-bond donors (Lipinski definition) is 1. The zero-order valence-electron chi connectivity index (χ0n) is 12.3. The molecule has 20 heavy (non-hydrogen) atoms. The molecule has 0 radical (unpaired) electrons. The molecule has 0 aliphatic carbocycles. The highest BCUT2D eigenvalue weighted by Gasteiger charge is 2.16. The quantitative estimate of drug-likeness (QED) is 0.684. The molecule has 0 aliphatic rings. The Morgan fingerprint density at radius 2 is 1.75 bits per heavy atom. The van der Waals surface area contributed by atoms with Gasteiger partial charge in [-0.2, -0.15) is 0 Å². The Morgan fingerprint density at radius 1 is 1.20 bits per heavy atom. The molecule has 0 heterocycles. The van der Waals surface area contributed by atoms with Crippen LogP contribution in [0.3, 0.4) is 0 Å². The molecule has 0 unspecified atom stereocenters. The van der Waals surface area contributed by atoms with Gasteiger partial charge in [0.05, 0.1) is 15.6 Å². The van der Waals surface area contributed by atoms with E-state index in [0.29, 0.717) is 6.04 Å². The summed E-state index contributed by atoms with van der Waals surface area (Å²) in [6, 6.07) is 4.50. The van der Waals surface area contributed by atoms with Crippen molar-refractivity contribution in [3.8, 4) is 5.75 Å². The second kappa shape index (κ2) is 9.03. The summed E-state index contributed by atoms with van der Waals surface area (Å²) in [4.78, 5) is 2.44. The molecule has 0 aliphatic heterocycles. The van der Waals surface area contributed by atoms with Crippen LogP contribution in [0.15, 0.2) is 21.1 Å². The van der Waals surface area contributed by atoms with E-state index in [0.717, 1.165) is 41.5 Å². The molecule has 0 spiro atoms. The van der Waals surface area contributed by atoms with Crippen LogP contribution in [0.1, 0.15) is 32.3 Å². The van der Waals surface area contributed by atoms with Crippen molar-refractivity contribution in [3.05, 3.63) is 26.6 Å². The second-order valence-corrected chi connectivity index (χ2v) is 6.55. The lowest BCUT2D eigenvalue weighted by atomic mass is 10.1. The molecule has 0 fully saturated rings. The zero-order valence-corrected chi connectivity index (χ0v) is 15.5. The fourth-order valence-corrected chi connectivity index (χ4v) is 3.63. The summed E-state index contributed by atoms with van der Waals surface area (Å²) in [5.41, 5.74) is 1.17. The Labute approximate surface area is 138 Å². The standard InChI is InChI=1S/C15H23Br2NO2/c1-4-12(5-2)18(6-7-20-3)10-11-8-13(16)15(19)14(17)9-11/h8-9,12,19H,4-7,10H2,1-3H3. The van der Waals surface area contributed by atoms with Gasteiger partial charge in [-0.05, 0) is 62.4 Å². The fourth-order valence-electron chi connectivity index (χ4n) is 2.35. The summed E-state index contributed by atoms with van der Waals surface area (Å²) in [5, 5.41) is 9.78. The third kappa shape index (κ3) is 5.02. The average Bonchev–Trinajstić information content (AvgIpc) is 2.43. The summed E-state index contributed by atoms with van der Waals surface area (Å²) in [6.45, 7) is 6.94. The molecule has 0 atom stereocenters. The number of halogens is 2. The van der Waals surface area contributed by atoms with Crippen molar-refractivity contribution in [2.24, 2.45) is 0 Å². The van der Waals surface area contributed by atoms with Gasteiger partial charge in [0.25, 0.3) is 0 Å². The van der Waals surface area contributed by atoms with Crippen LogP contribution in [0.4, 0.5) is 0 Å². The van der Waals surface area contributed by atoms with Crippen molar-refractivity contribution in [2.45, 2.75) is 39.3 Å². The summed E-state index contributed by atoms with van der Waals surface area (Å²) >= 11 is 6.77. The van der Waals surface area contributed by atoms with Gasteiger partial charge in [-0.15, -0.1) is 0 Å². The summed E-state index contributed by atoms with van der Waals surface area (Å²) in [6.07, 6.45) is 2.25. The predicted molar refractivity (Wildman–Crippen MR) is 90.2 cm³/mol. The first-order valence-electron chi connectivity index (χ1n) is 6.93. The maximum atomic E-state index is 9.78. The summed E-state index contributed by atoms with van der Waals surface area (Å²) in [5.74, 6) is 0.250. The molecule has 3 nitrogen and oxygen atoms in total. The van der Waals surface area contributed by atoms with Crippen LogP contribution in [0.2, 0.25) is 0 Å². The molecule has 1 rings (SSSR count). The Hall–Kier alpha value is -0.100. The maximum Gasteiger partial charge on any atom is 0.143 e. The molecule has 0 saturated carbocycles. The van der Waals surface area contributed by atoms with Gasteiger partial charge >= 0.3 is 0 Å². The molecule has 0 amide bonds. The average molecular weight is 409 g/mol. The number of benzene rings is 1. The van der Waals surface area contributed by atoms with E-state index in [1.807, 2.05) is 12.1 Å². The smallest absolute Gasteiger partial charge is 0.143 e. The third-order valence-electron chi connectivity index (χ3n) is 3.50. The molecule has 0 saturated heterocycles. The van der Waals surface area contributed by atoms with E-state index in [2.05, 4.69) is 50.6 Å². The highest BCUT2D eigenvalue weighted by atomic mass is 79.9. The molecule has 0 aromatic heterocycles. The first-order valence-corrected chi connectivity index (χ1v) is 8.51. The normalized spacial score (nSPS) is 11.6. The fraction of sp³-hybridized carbons (Fsp3) is 0.600. The van der Waals surface area contributed by atoms with Gasteiger partial charge in [0.2, 0.25) is 0 Å². The number of phenols is 1. The number of hydrogen-bond acceptors (Lipinski definition) is 3. The SMILES string of the molecule is CCC(CC)N(CCOC)Cc1cc(Br)c(O)c(Br)c1. The van der Waals surface area contributed by atoms with Crippen LogP contribution in [0.5, 0.6) is 5.75 Å². The molecule has 5 heteroatoms. The van der Waals surface area contributed by atoms with Crippen molar-refractivity contribution in [1.29, 1.82) is 0 Å². The van der Waals surface area contributed by atoms with E-state index in [1.165, 1.54) is 5.56 Å². The zero-order chi connectivity index (χ0) is 15.1. The first-order chi connectivity index (χ1) is 9.53. The van der Waals surface area contributed by atoms with Gasteiger partial charge in [-0.3, -0.25) is 4.90 Å². The van der Waals surface area contributed by atoms with Crippen LogP contribution < -0.4 is 0 Å². The highest BCUT2D eigenvalue weighted by molar-refractivity contribution is 9.11. The van der Waals surface area contributed by atoms with Crippen LogP contribution in [-0.2, 0) is 11.3 Å². The molecule has 0 bridgehead atoms. The molecule has 114 valence electrons. The lowest BCUT2D eigenvalue weighted by molar-refractivity contribution is 0.110. The topological polar surface area (TPSA) is 32.7 Å². The number of aromatic hydroxyl groups is 1. The lowest BCUT2D eigenvalue weighted by Crippen LogP contribution is -2.36. The van der Waals surface area contributed by atoms with E-state index in [-0.39, 0.29) is 5.75 Å². The minimum atomic E-state index is 0.250. The number of phenolic OH excluding ortho intramolecular Hbond substituents is 1. The number of methoxy groups -OCH3 is 1. The Kier molecular flexibility index (Phi) is 8.10. The van der Waals surface area contributed by atoms with Gasteiger partial charge in [-0.1, -0.05) is 13.8 Å². The minimum absolute atomic E-state index is 0.250. The van der Waals surface area contributed by atoms with E-state index in [1.54, 1.807) is 7.11 Å². The van der Waals surface area contributed by atoms with Gasteiger partial charge in [-0.25, -0.2) is 0 Å². The molecule has 1 N–H and O–H groups in total. The number of rotatable bonds is 8. The molecular formula is C15H23Br2NO2. The summed E-state index contributed by atoms with van der Waals surface area (Å²) in [7, 11) is 1.73. The minimum Gasteiger partial charge on any atom is -0.506 e. The van der Waals surface area contributed by atoms with E-state index in [4.69, 9.17) is 4.74 Å². The highest BCUT2D eigenvalue weighted by Crippen LogP contribution is 2.33. The predicted octanol–water partition coefficient (Wildman–Crippen LogP) is 4.55. The van der Waals surface area contributed by atoms with Gasteiger partial charge < -0.3 is 9.84 Å². The van der Waals surface area contributed by atoms with Crippen molar-refractivity contribution in [3.63, 3.8) is 0 Å². The number of ether oxygens (including phenoxy) is 1. The third-order valence-corrected chi connectivity index (χ3v) is 4.71. The lowest BCUT2D eigenvalue weighted by Gasteiger charge is -2.30. The van der Waals surface area contributed by atoms with Crippen LogP contribution in [0.25, 0.3) is 0 Å². The first kappa shape index (κ1) is 18.0. The largest absolute Gasteiger partial charge is 0.506 e. The van der Waals surface area contributed by atoms with Gasteiger partial charge in [0.1, 0.15) is 5.75 Å². The van der Waals surface area contributed by atoms with Crippen LogP contribution in [-0.4, -0.2) is 36.3 Å². The molecular weight excluding hydrogens is 386 g/mol.